The largest absolute Gasteiger partial charge is 0.496 e. The van der Waals surface area contributed by atoms with E-state index in [2.05, 4.69) is 30.7 Å². The lowest BCUT2D eigenvalue weighted by atomic mass is 10.0. The molecule has 3 aromatic carbocycles. The van der Waals surface area contributed by atoms with Gasteiger partial charge >= 0.3 is 0 Å². The molecule has 37 heavy (non-hydrogen) atoms. The predicted molar refractivity (Wildman–Crippen MR) is 136 cm³/mol. The zero-order valence-corrected chi connectivity index (χ0v) is 20.2. The van der Waals surface area contributed by atoms with Gasteiger partial charge in [-0.2, -0.15) is 5.10 Å². The van der Waals surface area contributed by atoms with Crippen molar-refractivity contribution in [3.63, 3.8) is 0 Å². The highest BCUT2D eigenvalue weighted by Gasteiger charge is 2.24. The Labute approximate surface area is 211 Å². The molecule has 0 radical (unpaired) electrons. The van der Waals surface area contributed by atoms with Crippen molar-refractivity contribution in [2.24, 2.45) is 0 Å². The molecule has 0 spiro atoms. The quantitative estimate of drug-likeness (QED) is 0.358. The molecule has 1 aliphatic rings. The van der Waals surface area contributed by atoms with Gasteiger partial charge in [0.2, 0.25) is 0 Å². The first-order valence-corrected chi connectivity index (χ1v) is 12.1. The van der Waals surface area contributed by atoms with Crippen LogP contribution in [0.5, 0.6) is 5.75 Å². The molecule has 9 nitrogen and oxygen atoms in total. The number of likely N-dealkylation sites (tertiary alicyclic amines) is 1. The molecule has 6 rings (SSSR count). The van der Waals surface area contributed by atoms with Gasteiger partial charge in [-0.25, -0.2) is 9.02 Å². The summed E-state index contributed by atoms with van der Waals surface area (Å²) in [5, 5.41) is 19.2. The summed E-state index contributed by atoms with van der Waals surface area (Å²) < 4.78 is 24.6. The summed E-state index contributed by atoms with van der Waals surface area (Å²) in [5.41, 5.74) is 4.78. The first-order valence-electron chi connectivity index (χ1n) is 12.1. The maximum Gasteiger partial charge on any atom is 0.251 e. The van der Waals surface area contributed by atoms with Gasteiger partial charge in [0.05, 0.1) is 12.6 Å². The number of methoxy groups -OCH3 is 1. The number of hydrogen-bond donors (Lipinski definition) is 2. The normalized spacial score (nSPS) is 16.3. The summed E-state index contributed by atoms with van der Waals surface area (Å²) >= 11 is 0. The van der Waals surface area contributed by atoms with Crippen molar-refractivity contribution in [1.29, 1.82) is 0 Å². The van der Waals surface area contributed by atoms with Crippen LogP contribution in [-0.2, 0) is 6.54 Å². The third kappa shape index (κ3) is 4.51. The number of rotatable bonds is 6. The average Bonchev–Trinajstić information content (AvgIpc) is 3.56. The van der Waals surface area contributed by atoms with Crippen molar-refractivity contribution >= 4 is 27.8 Å². The maximum atomic E-state index is 14.4. The van der Waals surface area contributed by atoms with Crippen LogP contribution in [0.2, 0.25) is 0 Å². The number of amides is 1. The Morgan fingerprint density at radius 1 is 1.19 bits per heavy atom. The van der Waals surface area contributed by atoms with Crippen LogP contribution < -0.4 is 10.1 Å². The number of fused-ring (bicyclic) bond motifs is 2. The molecule has 1 saturated heterocycles. The molecule has 0 saturated carbocycles. The van der Waals surface area contributed by atoms with E-state index in [9.17, 15) is 9.18 Å². The second kappa shape index (κ2) is 9.62. The third-order valence-electron chi connectivity index (χ3n) is 6.87. The van der Waals surface area contributed by atoms with E-state index in [0.29, 0.717) is 41.0 Å². The molecule has 0 bridgehead atoms. The Hall–Kier alpha value is -4.31. The van der Waals surface area contributed by atoms with Crippen LogP contribution in [0.1, 0.15) is 28.8 Å². The number of ether oxygens (including phenoxy) is 1. The molecule has 0 unspecified atom stereocenters. The molecule has 3 heterocycles. The van der Waals surface area contributed by atoms with Gasteiger partial charge in [-0.1, -0.05) is 12.1 Å². The Bertz CT molecular complexity index is 1600. The van der Waals surface area contributed by atoms with Crippen LogP contribution >= 0.6 is 0 Å². The summed E-state index contributed by atoms with van der Waals surface area (Å²) in [6, 6.07) is 15.9. The van der Waals surface area contributed by atoms with Crippen LogP contribution in [0.15, 0.2) is 59.2 Å². The highest BCUT2D eigenvalue weighted by atomic mass is 19.1. The van der Waals surface area contributed by atoms with Gasteiger partial charge in [-0.3, -0.25) is 14.8 Å². The van der Waals surface area contributed by atoms with Gasteiger partial charge < -0.3 is 10.1 Å². The minimum Gasteiger partial charge on any atom is -0.496 e. The van der Waals surface area contributed by atoms with Crippen LogP contribution in [-0.4, -0.2) is 57.6 Å². The fraction of sp³-hybridized carbons (Fsp3) is 0.259. The standard InChI is InChI=1S/C27H25FN6O3/c1-36-25-6-2-5-21(28)20(25)15-34-11-3-4-18(14-34)29-27(35)17-8-9-22-19(12-17)26(31-30-22)16-7-10-23-24(13-16)33-37-32-23/h2,5-10,12-13,18H,3-4,11,14-15H2,1H3,(H,29,35)(H,30,31)/t18-/m1/s1. The lowest BCUT2D eigenvalue weighted by Crippen LogP contribution is -2.47. The first-order chi connectivity index (χ1) is 18.1. The first kappa shape index (κ1) is 23.1. The minimum atomic E-state index is -0.284. The topological polar surface area (TPSA) is 109 Å². The van der Waals surface area contributed by atoms with E-state index in [4.69, 9.17) is 9.37 Å². The summed E-state index contributed by atoms with van der Waals surface area (Å²) in [7, 11) is 1.55. The number of halogens is 1. The van der Waals surface area contributed by atoms with Crippen LogP contribution in [0.4, 0.5) is 4.39 Å². The van der Waals surface area contributed by atoms with Gasteiger partial charge in [-0.15, -0.1) is 0 Å². The number of aromatic amines is 1. The molecule has 2 N–H and O–H groups in total. The highest BCUT2D eigenvalue weighted by Crippen LogP contribution is 2.29. The van der Waals surface area contributed by atoms with Crippen molar-refractivity contribution in [2.45, 2.75) is 25.4 Å². The smallest absolute Gasteiger partial charge is 0.251 e. The number of carbonyl (C=O) groups is 1. The van der Waals surface area contributed by atoms with Crippen molar-refractivity contribution in [3.8, 4) is 17.0 Å². The SMILES string of the molecule is COc1cccc(F)c1CN1CCC[C@@H](NC(=O)c2ccc3[nH]nc(-c4ccc5nonc5c4)c3c2)C1. The fourth-order valence-electron chi connectivity index (χ4n) is 5.00. The van der Waals surface area contributed by atoms with Crippen LogP contribution in [0, 0.1) is 5.82 Å². The van der Waals surface area contributed by atoms with E-state index in [1.54, 1.807) is 25.3 Å². The van der Waals surface area contributed by atoms with Gasteiger partial charge in [0.25, 0.3) is 5.91 Å². The zero-order chi connectivity index (χ0) is 25.4. The van der Waals surface area contributed by atoms with Crippen LogP contribution in [0.3, 0.4) is 0 Å². The third-order valence-corrected chi connectivity index (χ3v) is 6.87. The number of carbonyl (C=O) groups excluding carboxylic acids is 1. The number of benzene rings is 3. The van der Waals surface area contributed by atoms with E-state index in [1.165, 1.54) is 6.07 Å². The van der Waals surface area contributed by atoms with E-state index in [1.807, 2.05) is 30.3 Å². The molecule has 5 aromatic rings. The second-order valence-electron chi connectivity index (χ2n) is 9.27. The maximum absolute atomic E-state index is 14.4. The molecular formula is C27H25FN6O3. The molecule has 10 heteroatoms. The number of piperidine rings is 1. The lowest BCUT2D eigenvalue weighted by Gasteiger charge is -2.33. The van der Waals surface area contributed by atoms with E-state index in [0.717, 1.165) is 41.5 Å². The highest BCUT2D eigenvalue weighted by molar-refractivity contribution is 6.02. The molecule has 1 amide bonds. The molecule has 2 aromatic heterocycles. The average molecular weight is 501 g/mol. The van der Waals surface area contributed by atoms with Crippen molar-refractivity contribution in [1.82, 2.24) is 30.7 Å². The molecule has 1 fully saturated rings. The van der Waals surface area contributed by atoms with Crippen LogP contribution in [0.25, 0.3) is 33.2 Å². The second-order valence-corrected chi connectivity index (χ2v) is 9.27. The Balaban J connectivity index is 1.19. The van der Waals surface area contributed by atoms with Gasteiger partial charge in [0.1, 0.15) is 28.3 Å². The minimum absolute atomic E-state index is 0.0411. The molecule has 188 valence electrons. The monoisotopic (exact) mass is 500 g/mol. The van der Waals surface area contributed by atoms with E-state index >= 15 is 0 Å². The predicted octanol–water partition coefficient (Wildman–Crippen LogP) is 4.31. The van der Waals surface area contributed by atoms with E-state index < -0.39 is 0 Å². The van der Waals surface area contributed by atoms with Crippen molar-refractivity contribution in [3.05, 3.63) is 71.5 Å². The van der Waals surface area contributed by atoms with Gasteiger partial charge in [-0.05, 0) is 72.2 Å². The Kier molecular flexibility index (Phi) is 6.01. The number of nitrogens with one attached hydrogen (secondary N) is 2. The van der Waals surface area contributed by atoms with E-state index in [-0.39, 0.29) is 17.8 Å². The van der Waals surface area contributed by atoms with Gasteiger partial charge in [0.15, 0.2) is 0 Å². The van der Waals surface area contributed by atoms with Crippen molar-refractivity contribution in [2.75, 3.05) is 20.2 Å². The number of H-pyrrole nitrogens is 1. The van der Waals surface area contributed by atoms with Crippen molar-refractivity contribution < 1.29 is 18.6 Å². The Morgan fingerprint density at radius 2 is 2.08 bits per heavy atom. The summed E-state index contributed by atoms with van der Waals surface area (Å²) in [5.74, 6) is 0.101. The zero-order valence-electron chi connectivity index (χ0n) is 20.2. The lowest BCUT2D eigenvalue weighted by molar-refractivity contribution is 0.0899. The summed E-state index contributed by atoms with van der Waals surface area (Å²) in [6.45, 7) is 1.89. The number of aromatic nitrogens is 4. The fourth-order valence-corrected chi connectivity index (χ4v) is 5.00. The Morgan fingerprint density at radius 3 is 2.97 bits per heavy atom. The number of nitrogens with zero attached hydrogens (tertiary/aromatic N) is 4. The summed E-state index contributed by atoms with van der Waals surface area (Å²) in [6.07, 6.45) is 1.77. The summed E-state index contributed by atoms with van der Waals surface area (Å²) in [4.78, 5) is 15.4. The molecule has 0 aliphatic carbocycles. The molecule has 1 aliphatic heterocycles. The van der Waals surface area contributed by atoms with Gasteiger partial charge in [0, 0.05) is 41.2 Å². The molecule has 1 atom stereocenters. The molecular weight excluding hydrogens is 475 g/mol. The number of hydrogen-bond acceptors (Lipinski definition) is 7.